The van der Waals surface area contributed by atoms with E-state index in [-0.39, 0.29) is 25.9 Å². The average molecular weight is 1110 g/mol. The van der Waals surface area contributed by atoms with Gasteiger partial charge in [-0.25, -0.2) is 4.57 Å². The molecule has 0 aromatic rings. The Hall–Kier alpha value is -4.12. The Morgan fingerprint density at radius 3 is 1.01 bits per heavy atom. The summed E-state index contributed by atoms with van der Waals surface area (Å²) in [5.74, 6) is -1.60. The van der Waals surface area contributed by atoms with Gasteiger partial charge in [-0.05, 0) is 96.3 Å². The number of aliphatic hydroxyl groups excluding tert-OH is 1. The summed E-state index contributed by atoms with van der Waals surface area (Å²) in [4.78, 5) is 48.6. The number of rotatable bonds is 55. The first-order valence-electron chi connectivity index (χ1n) is 30.4. The molecule has 0 saturated carbocycles. The zero-order chi connectivity index (χ0) is 56.9. The Morgan fingerprint density at radius 1 is 0.372 bits per heavy atom. The van der Waals surface area contributed by atoms with Gasteiger partial charge in [-0.3, -0.25) is 23.4 Å². The lowest BCUT2D eigenvalue weighted by atomic mass is 10.0. The van der Waals surface area contributed by atoms with Crippen molar-refractivity contribution in [1.82, 2.24) is 0 Å². The molecule has 11 nitrogen and oxygen atoms in total. The summed E-state index contributed by atoms with van der Waals surface area (Å²) in [7, 11) is -4.79. The predicted octanol–water partition coefficient (Wildman–Crippen LogP) is 18.4. The number of hydrogen-bond acceptors (Lipinski definition) is 10. The van der Waals surface area contributed by atoms with E-state index < -0.39 is 57.8 Å². The van der Waals surface area contributed by atoms with Crippen LogP contribution in [0.5, 0.6) is 0 Å². The number of carbonyl (C=O) groups excluding carboxylic acids is 3. The molecular weight excluding hydrogens is 1000 g/mol. The summed E-state index contributed by atoms with van der Waals surface area (Å²) >= 11 is 0. The molecule has 0 bridgehead atoms. The maximum Gasteiger partial charge on any atom is 0.472 e. The number of hydrogen-bond donors (Lipinski definition) is 2. The zero-order valence-electron chi connectivity index (χ0n) is 49.1. The van der Waals surface area contributed by atoms with E-state index in [9.17, 15) is 28.9 Å². The van der Waals surface area contributed by atoms with Crippen molar-refractivity contribution in [2.75, 3.05) is 26.4 Å². The van der Waals surface area contributed by atoms with Crippen molar-refractivity contribution in [3.63, 3.8) is 0 Å². The van der Waals surface area contributed by atoms with Crippen LogP contribution in [0, 0.1) is 0 Å². The molecule has 0 aliphatic carbocycles. The minimum Gasteiger partial charge on any atom is -0.462 e. The summed E-state index contributed by atoms with van der Waals surface area (Å²) in [6.07, 6.45) is 73.1. The third-order valence-electron chi connectivity index (χ3n) is 12.4. The Bertz CT molecular complexity index is 1770. The largest absolute Gasteiger partial charge is 0.472 e. The third kappa shape index (κ3) is 56.6. The van der Waals surface area contributed by atoms with Gasteiger partial charge in [0.05, 0.1) is 19.8 Å². The van der Waals surface area contributed by atoms with Crippen LogP contribution in [0.25, 0.3) is 0 Å². The van der Waals surface area contributed by atoms with Gasteiger partial charge in [-0.2, -0.15) is 0 Å². The molecule has 0 fully saturated rings. The van der Waals surface area contributed by atoms with E-state index in [4.69, 9.17) is 23.3 Å². The smallest absolute Gasteiger partial charge is 0.462 e. The topological polar surface area (TPSA) is 155 Å². The first kappa shape index (κ1) is 73.9. The number of carbonyl (C=O) groups is 3. The maximum atomic E-state index is 12.9. The fourth-order valence-electron chi connectivity index (χ4n) is 7.84. The van der Waals surface area contributed by atoms with Crippen LogP contribution in [0.3, 0.4) is 0 Å². The maximum absolute atomic E-state index is 12.9. The molecule has 2 N–H and O–H groups in total. The standard InChI is InChI=1S/C66H109O11P/c1-4-7-10-13-16-19-22-25-28-31-34-37-40-43-46-49-52-55-64(68)73-59-63(77-66(70)57-54-51-48-45-42-39-36-33-30-27-24-21-18-15-12-9-6-3)61-75-78(71,72)74-60-62(58-67)76-65(69)56-53-50-47-44-41-38-35-32-29-26-23-20-17-14-11-8-5-2/h8-9,11-12,17-18,20-21,26-27,29-30,35-36,38-39,44-45,47-48,62-63,67H,4-7,10,13-16,19,22-25,28,31-34,37,40-43,46,49-61H2,1-3H3,(H,71,72)/b11-8-,12-9-,20-17-,21-18-,29-26-,30-27-,38-35-,39-36-,47-44-,48-45-. The van der Waals surface area contributed by atoms with Crippen molar-refractivity contribution < 1.29 is 52.2 Å². The molecule has 444 valence electrons. The first-order chi connectivity index (χ1) is 38.2. The van der Waals surface area contributed by atoms with E-state index >= 15 is 0 Å². The van der Waals surface area contributed by atoms with E-state index in [0.29, 0.717) is 32.1 Å². The van der Waals surface area contributed by atoms with Gasteiger partial charge in [0.15, 0.2) is 6.10 Å². The molecule has 0 spiro atoms. The van der Waals surface area contributed by atoms with Gasteiger partial charge in [0.2, 0.25) is 0 Å². The highest BCUT2D eigenvalue weighted by Gasteiger charge is 2.28. The molecule has 12 heteroatoms. The third-order valence-corrected chi connectivity index (χ3v) is 13.3. The highest BCUT2D eigenvalue weighted by molar-refractivity contribution is 7.47. The normalized spacial score (nSPS) is 14.2. The van der Waals surface area contributed by atoms with E-state index in [2.05, 4.69) is 118 Å². The molecule has 0 amide bonds. The second kappa shape index (κ2) is 59.0. The van der Waals surface area contributed by atoms with E-state index in [0.717, 1.165) is 83.5 Å². The molecule has 0 heterocycles. The van der Waals surface area contributed by atoms with Gasteiger partial charge >= 0.3 is 25.7 Å². The second-order valence-electron chi connectivity index (χ2n) is 19.8. The zero-order valence-corrected chi connectivity index (χ0v) is 50.0. The molecule has 0 rings (SSSR count). The molecule has 0 saturated heterocycles. The Kier molecular flexibility index (Phi) is 55.9. The quantitative estimate of drug-likeness (QED) is 0.0197. The Balaban J connectivity index is 4.85. The van der Waals surface area contributed by atoms with E-state index in [1.165, 1.54) is 83.5 Å². The minimum absolute atomic E-state index is 0.0805. The molecular formula is C66H109O11P. The number of phosphoric ester groups is 1. The molecule has 0 aliphatic rings. The molecule has 0 aromatic heterocycles. The van der Waals surface area contributed by atoms with Crippen LogP contribution in [0.1, 0.15) is 239 Å². The van der Waals surface area contributed by atoms with Crippen molar-refractivity contribution in [3.05, 3.63) is 122 Å². The fourth-order valence-corrected chi connectivity index (χ4v) is 8.62. The van der Waals surface area contributed by atoms with Crippen LogP contribution in [-0.4, -0.2) is 66.5 Å². The number of allylic oxidation sites excluding steroid dienone is 20. The van der Waals surface area contributed by atoms with E-state index in [1.54, 1.807) is 0 Å². The number of aliphatic hydroxyl groups is 1. The summed E-state index contributed by atoms with van der Waals surface area (Å²) in [5, 5.41) is 9.82. The molecule has 3 unspecified atom stereocenters. The molecule has 78 heavy (non-hydrogen) atoms. The molecule has 3 atom stereocenters. The highest BCUT2D eigenvalue weighted by atomic mass is 31.2. The van der Waals surface area contributed by atoms with Gasteiger partial charge in [-0.1, -0.05) is 245 Å². The second-order valence-corrected chi connectivity index (χ2v) is 21.2. The van der Waals surface area contributed by atoms with Gasteiger partial charge in [0.1, 0.15) is 12.7 Å². The van der Waals surface area contributed by atoms with Gasteiger partial charge in [-0.15, -0.1) is 0 Å². The monoisotopic (exact) mass is 1110 g/mol. The summed E-state index contributed by atoms with van der Waals surface area (Å²) in [6.45, 7) is 4.30. The average Bonchev–Trinajstić information content (AvgIpc) is 3.43. The van der Waals surface area contributed by atoms with Crippen LogP contribution in [0.2, 0.25) is 0 Å². The van der Waals surface area contributed by atoms with Crippen molar-refractivity contribution in [1.29, 1.82) is 0 Å². The SMILES string of the molecule is CC/C=C\C/C=C\C/C=C\C/C=C\C/C=C\CCCC(=O)OC(CO)COP(=O)(O)OCC(COC(=O)CCCCCCCCCCCCCCCCCCC)OC(=O)CCC/C=C\C/C=C\C/C=C\C/C=C\C/C=C\CC. The van der Waals surface area contributed by atoms with Crippen LogP contribution < -0.4 is 0 Å². The van der Waals surface area contributed by atoms with Gasteiger partial charge < -0.3 is 24.2 Å². The predicted molar refractivity (Wildman–Crippen MR) is 325 cm³/mol. The Labute approximate surface area is 475 Å². The van der Waals surface area contributed by atoms with Crippen LogP contribution in [-0.2, 0) is 42.2 Å². The molecule has 0 aromatic carbocycles. The van der Waals surface area contributed by atoms with E-state index in [1.807, 2.05) is 24.3 Å². The number of esters is 3. The molecule has 0 radical (unpaired) electrons. The van der Waals surface area contributed by atoms with Crippen molar-refractivity contribution in [2.24, 2.45) is 0 Å². The summed E-state index contributed by atoms with van der Waals surface area (Å²) < 4.78 is 39.5. The number of unbranched alkanes of at least 4 members (excludes halogenated alkanes) is 18. The fraction of sp³-hybridized carbons (Fsp3) is 0.652. The molecule has 0 aliphatic heterocycles. The lowest BCUT2D eigenvalue weighted by Crippen LogP contribution is -2.30. The summed E-state index contributed by atoms with van der Waals surface area (Å²) in [6, 6.07) is 0. The van der Waals surface area contributed by atoms with Crippen LogP contribution >= 0.6 is 7.82 Å². The highest BCUT2D eigenvalue weighted by Crippen LogP contribution is 2.43. The Morgan fingerprint density at radius 2 is 0.667 bits per heavy atom. The first-order valence-corrected chi connectivity index (χ1v) is 31.9. The number of phosphoric acid groups is 1. The summed E-state index contributed by atoms with van der Waals surface area (Å²) in [5.41, 5.74) is 0. The lowest BCUT2D eigenvalue weighted by molar-refractivity contribution is -0.161. The van der Waals surface area contributed by atoms with Crippen LogP contribution in [0.4, 0.5) is 0 Å². The van der Waals surface area contributed by atoms with Crippen molar-refractivity contribution >= 4 is 25.7 Å². The van der Waals surface area contributed by atoms with Gasteiger partial charge in [0, 0.05) is 19.3 Å². The van der Waals surface area contributed by atoms with Gasteiger partial charge in [0.25, 0.3) is 0 Å². The number of ether oxygens (including phenoxy) is 3. The van der Waals surface area contributed by atoms with Crippen LogP contribution in [0.15, 0.2) is 122 Å². The lowest BCUT2D eigenvalue weighted by Gasteiger charge is -2.21. The minimum atomic E-state index is -4.79. The van der Waals surface area contributed by atoms with Crippen molar-refractivity contribution in [2.45, 2.75) is 251 Å². The van der Waals surface area contributed by atoms with Crippen molar-refractivity contribution in [3.8, 4) is 0 Å².